The number of benzene rings is 1. The maximum absolute atomic E-state index is 13.0. The second-order valence-corrected chi connectivity index (χ2v) is 3.53. The minimum Gasteiger partial charge on any atom is -0.383 e. The molecule has 0 aliphatic heterocycles. The summed E-state index contributed by atoms with van der Waals surface area (Å²) in [5.74, 6) is 0.0248. The molecule has 0 atom stereocenters. The fourth-order valence-corrected chi connectivity index (χ4v) is 1.79. The number of rotatable bonds is 0. The summed E-state index contributed by atoms with van der Waals surface area (Å²) in [7, 11) is 0. The van der Waals surface area contributed by atoms with E-state index >= 15 is 0 Å². The molecule has 0 unspecified atom stereocenters. The SMILES string of the molecule is Nc1nccc2c(Br)cc(F)cc12. The molecule has 2 N–H and O–H groups in total. The van der Waals surface area contributed by atoms with Crippen LogP contribution in [-0.2, 0) is 0 Å². The van der Waals surface area contributed by atoms with Gasteiger partial charge in [0.1, 0.15) is 11.6 Å². The molecule has 4 heteroatoms. The van der Waals surface area contributed by atoms with Crippen LogP contribution in [0.5, 0.6) is 0 Å². The van der Waals surface area contributed by atoms with E-state index in [1.54, 1.807) is 12.3 Å². The van der Waals surface area contributed by atoms with Crippen LogP contribution in [0.1, 0.15) is 0 Å². The first-order chi connectivity index (χ1) is 6.18. The number of anilines is 1. The predicted octanol–water partition coefficient (Wildman–Crippen LogP) is 2.72. The third kappa shape index (κ3) is 1.37. The molecule has 0 saturated carbocycles. The molecule has 0 saturated heterocycles. The Morgan fingerprint density at radius 3 is 2.85 bits per heavy atom. The van der Waals surface area contributed by atoms with E-state index in [1.165, 1.54) is 12.1 Å². The number of nitrogen functional groups attached to an aromatic ring is 1. The van der Waals surface area contributed by atoms with Gasteiger partial charge in [-0.15, -0.1) is 0 Å². The van der Waals surface area contributed by atoms with E-state index in [1.807, 2.05) is 0 Å². The van der Waals surface area contributed by atoms with Crippen molar-refractivity contribution >= 4 is 32.5 Å². The van der Waals surface area contributed by atoms with E-state index in [4.69, 9.17) is 5.73 Å². The molecule has 0 amide bonds. The number of hydrogen-bond donors (Lipinski definition) is 1. The van der Waals surface area contributed by atoms with Crippen LogP contribution in [-0.4, -0.2) is 4.98 Å². The number of fused-ring (bicyclic) bond motifs is 1. The molecule has 13 heavy (non-hydrogen) atoms. The Hall–Kier alpha value is -1.16. The molecule has 0 spiro atoms. The van der Waals surface area contributed by atoms with Gasteiger partial charge in [0.25, 0.3) is 0 Å². The van der Waals surface area contributed by atoms with E-state index in [-0.39, 0.29) is 5.82 Å². The van der Waals surface area contributed by atoms with Crippen molar-refractivity contribution in [3.63, 3.8) is 0 Å². The zero-order chi connectivity index (χ0) is 9.42. The summed E-state index contributed by atoms with van der Waals surface area (Å²) < 4.78 is 13.7. The minimum absolute atomic E-state index is 0.320. The van der Waals surface area contributed by atoms with Crippen LogP contribution in [0.4, 0.5) is 10.2 Å². The molecule has 2 aromatic rings. The molecule has 1 aromatic carbocycles. The fourth-order valence-electron chi connectivity index (χ4n) is 1.23. The molecule has 0 aliphatic carbocycles. The predicted molar refractivity (Wildman–Crippen MR) is 53.8 cm³/mol. The highest BCUT2D eigenvalue weighted by Crippen LogP contribution is 2.27. The maximum atomic E-state index is 13.0. The maximum Gasteiger partial charge on any atom is 0.131 e. The lowest BCUT2D eigenvalue weighted by molar-refractivity contribution is 0.629. The monoisotopic (exact) mass is 240 g/mol. The van der Waals surface area contributed by atoms with Gasteiger partial charge in [-0.3, -0.25) is 0 Å². The Bertz CT molecular complexity index is 470. The van der Waals surface area contributed by atoms with Crippen molar-refractivity contribution in [2.45, 2.75) is 0 Å². The highest BCUT2D eigenvalue weighted by atomic mass is 79.9. The summed E-state index contributed by atoms with van der Waals surface area (Å²) in [4.78, 5) is 3.88. The molecule has 0 bridgehead atoms. The van der Waals surface area contributed by atoms with Crippen molar-refractivity contribution in [3.8, 4) is 0 Å². The van der Waals surface area contributed by atoms with Gasteiger partial charge < -0.3 is 5.73 Å². The van der Waals surface area contributed by atoms with Crippen LogP contribution in [0.25, 0.3) is 10.8 Å². The van der Waals surface area contributed by atoms with E-state index in [0.717, 1.165) is 5.39 Å². The quantitative estimate of drug-likeness (QED) is 0.770. The van der Waals surface area contributed by atoms with Gasteiger partial charge in [0.15, 0.2) is 0 Å². The van der Waals surface area contributed by atoms with Crippen molar-refractivity contribution in [1.82, 2.24) is 4.98 Å². The second-order valence-electron chi connectivity index (χ2n) is 2.68. The summed E-state index contributed by atoms with van der Waals surface area (Å²) >= 11 is 3.26. The third-order valence-corrected chi connectivity index (χ3v) is 2.48. The summed E-state index contributed by atoms with van der Waals surface area (Å²) in [6.07, 6.45) is 1.60. The van der Waals surface area contributed by atoms with Gasteiger partial charge in [0, 0.05) is 21.4 Å². The highest BCUT2D eigenvalue weighted by Gasteiger charge is 2.04. The van der Waals surface area contributed by atoms with Gasteiger partial charge in [-0.05, 0) is 18.2 Å². The van der Waals surface area contributed by atoms with Gasteiger partial charge in [0.2, 0.25) is 0 Å². The van der Waals surface area contributed by atoms with Crippen LogP contribution in [0.3, 0.4) is 0 Å². The summed E-state index contributed by atoms with van der Waals surface area (Å²) in [5.41, 5.74) is 5.60. The van der Waals surface area contributed by atoms with Crippen LogP contribution >= 0.6 is 15.9 Å². The minimum atomic E-state index is -0.320. The largest absolute Gasteiger partial charge is 0.383 e. The van der Waals surface area contributed by atoms with Crippen LogP contribution in [0.15, 0.2) is 28.9 Å². The second kappa shape index (κ2) is 2.96. The molecule has 0 fully saturated rings. The van der Waals surface area contributed by atoms with Crippen LogP contribution < -0.4 is 5.73 Å². The summed E-state index contributed by atoms with van der Waals surface area (Å²) in [6, 6.07) is 4.57. The van der Waals surface area contributed by atoms with Gasteiger partial charge in [0.05, 0.1) is 0 Å². The average molecular weight is 241 g/mol. The van der Waals surface area contributed by atoms with Crippen molar-refractivity contribution < 1.29 is 4.39 Å². The van der Waals surface area contributed by atoms with Crippen molar-refractivity contribution in [3.05, 3.63) is 34.7 Å². The van der Waals surface area contributed by atoms with E-state index in [2.05, 4.69) is 20.9 Å². The molecule has 66 valence electrons. The zero-order valence-electron chi connectivity index (χ0n) is 6.59. The fraction of sp³-hybridized carbons (Fsp3) is 0. The lowest BCUT2D eigenvalue weighted by atomic mass is 10.1. The lowest BCUT2D eigenvalue weighted by Gasteiger charge is -2.02. The molecule has 2 nitrogen and oxygen atoms in total. The van der Waals surface area contributed by atoms with Gasteiger partial charge in [-0.2, -0.15) is 0 Å². The first-order valence-electron chi connectivity index (χ1n) is 3.68. The van der Waals surface area contributed by atoms with Crippen molar-refractivity contribution in [2.24, 2.45) is 0 Å². The first-order valence-corrected chi connectivity index (χ1v) is 4.47. The van der Waals surface area contributed by atoms with E-state index in [9.17, 15) is 4.39 Å². The van der Waals surface area contributed by atoms with Crippen molar-refractivity contribution in [2.75, 3.05) is 5.73 Å². The molecular formula is C9H6BrFN2. The Balaban J connectivity index is 2.94. The molecule has 0 radical (unpaired) electrons. The summed E-state index contributed by atoms with van der Waals surface area (Å²) in [5, 5.41) is 1.50. The number of nitrogens with zero attached hydrogens (tertiary/aromatic N) is 1. The molecule has 1 aromatic heterocycles. The lowest BCUT2D eigenvalue weighted by Crippen LogP contribution is -1.91. The molecule has 1 heterocycles. The number of aromatic nitrogens is 1. The Labute approximate surface area is 82.7 Å². The van der Waals surface area contributed by atoms with Crippen molar-refractivity contribution in [1.29, 1.82) is 0 Å². The van der Waals surface area contributed by atoms with Crippen LogP contribution in [0.2, 0.25) is 0 Å². The van der Waals surface area contributed by atoms with E-state index < -0.39 is 0 Å². The average Bonchev–Trinajstić information content (AvgIpc) is 2.07. The highest BCUT2D eigenvalue weighted by molar-refractivity contribution is 9.10. The molecular weight excluding hydrogens is 235 g/mol. The summed E-state index contributed by atoms with van der Waals surface area (Å²) in [6.45, 7) is 0. The third-order valence-electron chi connectivity index (χ3n) is 1.83. The number of pyridine rings is 1. The Morgan fingerprint density at radius 1 is 1.31 bits per heavy atom. The molecule has 2 rings (SSSR count). The van der Waals surface area contributed by atoms with Gasteiger partial charge in [-0.25, -0.2) is 9.37 Å². The standard InChI is InChI=1S/C9H6BrFN2/c10-8-4-5(11)3-7-6(8)1-2-13-9(7)12/h1-4H,(H2,12,13). The Kier molecular flexibility index (Phi) is 1.92. The van der Waals surface area contributed by atoms with Gasteiger partial charge >= 0.3 is 0 Å². The molecule has 0 aliphatic rings. The van der Waals surface area contributed by atoms with Crippen LogP contribution in [0, 0.1) is 5.82 Å². The number of nitrogens with two attached hydrogens (primary N) is 1. The van der Waals surface area contributed by atoms with E-state index in [0.29, 0.717) is 15.7 Å². The number of halogens is 2. The Morgan fingerprint density at radius 2 is 2.08 bits per heavy atom. The first kappa shape index (κ1) is 8.44. The smallest absolute Gasteiger partial charge is 0.131 e. The van der Waals surface area contributed by atoms with Gasteiger partial charge in [-0.1, -0.05) is 15.9 Å². The topological polar surface area (TPSA) is 38.9 Å². The normalized spacial score (nSPS) is 10.6. The number of hydrogen-bond acceptors (Lipinski definition) is 2. The zero-order valence-corrected chi connectivity index (χ0v) is 8.18.